The molecule has 42 heavy (non-hydrogen) atoms. The molecular weight excluding hydrogens is 532 g/mol. The number of ether oxygens (including phenoxy) is 1. The minimum atomic E-state index is -2.48. The summed E-state index contributed by atoms with van der Waals surface area (Å²) < 4.78 is 5.90. The van der Waals surface area contributed by atoms with Crippen molar-refractivity contribution in [3.63, 3.8) is 0 Å². The fourth-order valence-electron chi connectivity index (χ4n) is 8.84. The molecule has 3 fully saturated rings. The molecule has 2 aromatic carbocycles. The smallest absolute Gasteiger partial charge is 0.287 e. The van der Waals surface area contributed by atoms with E-state index in [1.54, 1.807) is 18.3 Å². The van der Waals surface area contributed by atoms with Crippen LogP contribution in [0.25, 0.3) is 17.0 Å². The number of aliphatic hydroxyl groups is 2. The van der Waals surface area contributed by atoms with Crippen molar-refractivity contribution >= 4 is 34.5 Å². The predicted molar refractivity (Wildman–Crippen MR) is 157 cm³/mol. The van der Waals surface area contributed by atoms with E-state index in [2.05, 4.69) is 4.98 Å². The Hall–Kier alpha value is -3.92. The number of carbonyl (C=O) groups excluding carboxylic acids is 2. The van der Waals surface area contributed by atoms with Crippen molar-refractivity contribution in [3.05, 3.63) is 83.3 Å². The highest BCUT2D eigenvalue weighted by Crippen LogP contribution is 2.74. The number of carbonyl (C=O) groups is 2. The zero-order chi connectivity index (χ0) is 29.8. The first-order valence-electron chi connectivity index (χ1n) is 14.4. The summed E-state index contributed by atoms with van der Waals surface area (Å²) in [5.41, 5.74) is -2.89. The third-order valence-electron chi connectivity index (χ3n) is 10.9. The average molecular weight is 567 g/mol. The van der Waals surface area contributed by atoms with Gasteiger partial charge in [-0.25, -0.2) is 0 Å². The van der Waals surface area contributed by atoms with Gasteiger partial charge in [0.05, 0.1) is 0 Å². The van der Waals surface area contributed by atoms with E-state index in [1.807, 2.05) is 88.1 Å². The Morgan fingerprint density at radius 1 is 0.952 bits per heavy atom. The quantitative estimate of drug-likeness (QED) is 0.416. The average Bonchev–Trinajstić information content (AvgIpc) is 3.49. The predicted octanol–water partition coefficient (Wildman–Crippen LogP) is 3.53. The molecule has 2 amide bonds. The Morgan fingerprint density at radius 2 is 1.64 bits per heavy atom. The zero-order valence-corrected chi connectivity index (χ0v) is 24.5. The summed E-state index contributed by atoms with van der Waals surface area (Å²) in [7, 11) is 1.37. The van der Waals surface area contributed by atoms with Crippen molar-refractivity contribution in [2.75, 3.05) is 12.0 Å². The van der Waals surface area contributed by atoms with Crippen LogP contribution in [0.2, 0.25) is 0 Å². The molecule has 2 unspecified atom stereocenters. The molecule has 9 nitrogen and oxygen atoms in total. The van der Waals surface area contributed by atoms with Gasteiger partial charge in [0, 0.05) is 63.6 Å². The summed E-state index contributed by atoms with van der Waals surface area (Å²) in [6.07, 6.45) is 3.72. The molecule has 0 saturated carbocycles. The van der Waals surface area contributed by atoms with Crippen molar-refractivity contribution in [1.29, 1.82) is 0 Å². The number of nitrogens with zero attached hydrogens (tertiary/aromatic N) is 3. The van der Waals surface area contributed by atoms with Crippen LogP contribution in [0.5, 0.6) is 0 Å². The monoisotopic (exact) mass is 566 g/mol. The van der Waals surface area contributed by atoms with E-state index in [-0.39, 0.29) is 11.6 Å². The minimum absolute atomic E-state index is 0.101. The number of anilines is 1. The van der Waals surface area contributed by atoms with Crippen LogP contribution >= 0.6 is 0 Å². The molecule has 216 valence electrons. The molecule has 5 aliphatic rings. The molecule has 3 aromatic rings. The Kier molecular flexibility index (Phi) is 4.50. The summed E-state index contributed by atoms with van der Waals surface area (Å²) in [5.74, 6) is -1.66. The summed E-state index contributed by atoms with van der Waals surface area (Å²) in [5, 5.41) is 26.4. The summed E-state index contributed by atoms with van der Waals surface area (Å²) in [6, 6.07) is 15.3. The number of para-hydroxylation sites is 2. The van der Waals surface area contributed by atoms with Gasteiger partial charge in [-0.15, -0.1) is 0 Å². The molecule has 6 heterocycles. The number of rotatable bonds is 1. The number of H-pyrrole nitrogens is 1. The van der Waals surface area contributed by atoms with Crippen molar-refractivity contribution in [2.24, 2.45) is 5.92 Å². The van der Waals surface area contributed by atoms with Crippen LogP contribution in [0.15, 0.2) is 66.5 Å². The van der Waals surface area contributed by atoms with Crippen molar-refractivity contribution in [1.82, 2.24) is 14.8 Å². The first kappa shape index (κ1) is 25.8. The molecule has 5 atom stereocenters. The van der Waals surface area contributed by atoms with Gasteiger partial charge in [0.2, 0.25) is 0 Å². The molecule has 5 aliphatic heterocycles. The number of piperazine rings is 1. The largest absolute Gasteiger partial charge is 0.378 e. The lowest BCUT2D eigenvalue weighted by Crippen LogP contribution is -2.87. The minimum Gasteiger partial charge on any atom is -0.378 e. The Balaban J connectivity index is 1.44. The van der Waals surface area contributed by atoms with Gasteiger partial charge in [-0.2, -0.15) is 0 Å². The van der Waals surface area contributed by atoms with Gasteiger partial charge < -0.3 is 24.8 Å². The molecule has 8 rings (SSSR count). The highest BCUT2D eigenvalue weighted by Gasteiger charge is 2.91. The lowest BCUT2D eigenvalue weighted by molar-refractivity contribution is -0.213. The second-order valence-electron chi connectivity index (χ2n) is 13.4. The van der Waals surface area contributed by atoms with E-state index in [4.69, 9.17) is 4.74 Å². The van der Waals surface area contributed by atoms with Gasteiger partial charge in [-0.05, 0) is 32.1 Å². The van der Waals surface area contributed by atoms with E-state index < -0.39 is 45.9 Å². The van der Waals surface area contributed by atoms with Gasteiger partial charge >= 0.3 is 0 Å². The summed E-state index contributed by atoms with van der Waals surface area (Å²) >= 11 is 0. The first-order chi connectivity index (χ1) is 19.8. The lowest BCUT2D eigenvalue weighted by atomic mass is 9.61. The third kappa shape index (κ3) is 2.36. The van der Waals surface area contributed by atoms with E-state index in [9.17, 15) is 19.8 Å². The van der Waals surface area contributed by atoms with E-state index in [1.165, 1.54) is 16.9 Å². The number of benzene rings is 2. The number of aromatic amines is 1. The molecule has 0 aliphatic carbocycles. The van der Waals surface area contributed by atoms with Crippen LogP contribution in [-0.2, 0) is 25.3 Å². The van der Waals surface area contributed by atoms with Gasteiger partial charge in [0.15, 0.2) is 17.4 Å². The topological polar surface area (TPSA) is 109 Å². The van der Waals surface area contributed by atoms with E-state index in [0.717, 1.165) is 27.8 Å². The van der Waals surface area contributed by atoms with Crippen molar-refractivity contribution in [2.45, 2.75) is 68.7 Å². The normalized spacial score (nSPS) is 37.0. The maximum atomic E-state index is 15.0. The van der Waals surface area contributed by atoms with Crippen molar-refractivity contribution in [3.8, 4) is 0 Å². The van der Waals surface area contributed by atoms with Crippen LogP contribution in [0.4, 0.5) is 5.69 Å². The van der Waals surface area contributed by atoms with Gasteiger partial charge in [-0.3, -0.25) is 19.4 Å². The molecule has 3 N–H and O–H groups in total. The molecule has 1 spiro atoms. The molecule has 0 bridgehead atoms. The SMILES string of the molecule is CO[C@@H]1[C@]2(O)C(=O)N3/C=C\C(C)(C)c4[nH]c5ccccc5c4/C=C\3C(=O)N2C23C(C)C(C)(C)N2c2ccccc2[C@]13O. The second-order valence-corrected chi connectivity index (χ2v) is 13.4. The number of allylic oxidation sites excluding steroid dienone is 1. The highest BCUT2D eigenvalue weighted by atomic mass is 16.5. The first-order valence-corrected chi connectivity index (χ1v) is 14.4. The number of hydrogen-bond donors (Lipinski definition) is 3. The second kappa shape index (κ2) is 7.34. The highest BCUT2D eigenvalue weighted by molar-refractivity contribution is 6.12. The third-order valence-corrected chi connectivity index (χ3v) is 10.9. The number of methoxy groups -OCH3 is 1. The molecule has 1 aromatic heterocycles. The zero-order valence-electron chi connectivity index (χ0n) is 24.5. The summed E-state index contributed by atoms with van der Waals surface area (Å²) in [6.45, 7) is 10.1. The summed E-state index contributed by atoms with van der Waals surface area (Å²) in [4.78, 5) is 37.7. The number of fused-ring (bicyclic) bond motifs is 8. The van der Waals surface area contributed by atoms with Crippen molar-refractivity contribution < 1.29 is 24.5 Å². The molecular formula is C33H34N4O5. The maximum Gasteiger partial charge on any atom is 0.287 e. The molecule has 0 radical (unpaired) electrons. The van der Waals surface area contributed by atoms with Crippen LogP contribution in [-0.4, -0.2) is 67.0 Å². The van der Waals surface area contributed by atoms with Gasteiger partial charge in [-0.1, -0.05) is 63.2 Å². The Labute approximate surface area is 243 Å². The van der Waals surface area contributed by atoms with Crippen LogP contribution in [0.3, 0.4) is 0 Å². The number of aromatic nitrogens is 1. The van der Waals surface area contributed by atoms with Gasteiger partial charge in [0.25, 0.3) is 17.5 Å². The number of nitrogens with one attached hydrogen (secondary N) is 1. The van der Waals surface area contributed by atoms with Crippen LogP contribution < -0.4 is 4.90 Å². The lowest BCUT2D eigenvalue weighted by Gasteiger charge is -2.70. The van der Waals surface area contributed by atoms with Crippen LogP contribution in [0.1, 0.15) is 51.4 Å². The van der Waals surface area contributed by atoms with Gasteiger partial charge in [0.1, 0.15) is 5.70 Å². The Morgan fingerprint density at radius 3 is 2.38 bits per heavy atom. The standard InChI is InChI=1S/C33H34N4O5/c1-18-30(4,5)36-23-14-10-8-12-21(23)31(40)27(42-6)32(41)28(39)35-16-15-29(2,3)25-20(19-11-7-9-13-22(19)34-25)17-24(35)26(38)37(32)33(18,31)36/h7-18,27,34,40-41H,1-6H3/b16-15-,24-17-/t18?,27-,31-,32-,33?/m0/s1. The van der Waals surface area contributed by atoms with Crippen LogP contribution in [0, 0.1) is 5.92 Å². The van der Waals surface area contributed by atoms with E-state index in [0.29, 0.717) is 5.56 Å². The fraction of sp³-hybridized carbons (Fsp3) is 0.394. The maximum absolute atomic E-state index is 15.0. The number of amides is 2. The fourth-order valence-corrected chi connectivity index (χ4v) is 8.84. The number of hydrogen-bond acceptors (Lipinski definition) is 6. The Bertz CT molecular complexity index is 1820. The molecule has 9 heteroatoms. The molecule has 3 saturated heterocycles. The van der Waals surface area contributed by atoms with E-state index >= 15 is 0 Å².